The van der Waals surface area contributed by atoms with Crippen molar-refractivity contribution < 1.29 is 31.9 Å². The molecule has 0 unspecified atom stereocenters. The first kappa shape index (κ1) is 26.9. The summed E-state index contributed by atoms with van der Waals surface area (Å²) in [5.74, 6) is -2.45. The van der Waals surface area contributed by atoms with Gasteiger partial charge in [0.05, 0.1) is 5.02 Å². The molecule has 0 bridgehead atoms. The van der Waals surface area contributed by atoms with Gasteiger partial charge in [0.15, 0.2) is 0 Å². The molecule has 7 nitrogen and oxygen atoms in total. The Hall–Kier alpha value is -3.12. The number of carbonyl (C=O) groups is 2. The van der Waals surface area contributed by atoms with Crippen LogP contribution in [-0.4, -0.2) is 66.2 Å². The van der Waals surface area contributed by atoms with Gasteiger partial charge in [-0.3, -0.25) is 4.79 Å². The van der Waals surface area contributed by atoms with Crippen molar-refractivity contribution in [3.05, 3.63) is 63.8 Å². The second-order valence-corrected chi connectivity index (χ2v) is 9.94. The number of alkyl halides is 4. The highest BCUT2D eigenvalue weighted by molar-refractivity contribution is 8.03. The average Bonchev–Trinajstić information content (AvgIpc) is 3.58. The Morgan fingerprint density at radius 1 is 1.22 bits per heavy atom. The van der Waals surface area contributed by atoms with Crippen LogP contribution < -0.4 is 4.99 Å². The first-order chi connectivity index (χ1) is 17.5. The van der Waals surface area contributed by atoms with Gasteiger partial charge in [0, 0.05) is 36.8 Å². The zero-order valence-electron chi connectivity index (χ0n) is 19.6. The molecule has 1 radical (unpaired) electrons. The lowest BCUT2D eigenvalue weighted by Gasteiger charge is -2.13. The van der Waals surface area contributed by atoms with Gasteiger partial charge >= 0.3 is 18.2 Å². The minimum atomic E-state index is -5.26. The Labute approximate surface area is 219 Å². The summed E-state index contributed by atoms with van der Waals surface area (Å²) < 4.78 is 56.6. The van der Waals surface area contributed by atoms with Gasteiger partial charge in [-0.1, -0.05) is 35.9 Å². The first-order valence-corrected chi connectivity index (χ1v) is 12.3. The Balaban J connectivity index is 1.67. The molecule has 1 fully saturated rings. The molecular weight excluding hydrogens is 536 g/mol. The highest BCUT2D eigenvalue weighted by Crippen LogP contribution is 2.48. The molecule has 2 aromatic rings. The van der Waals surface area contributed by atoms with Gasteiger partial charge < -0.3 is 9.64 Å². The van der Waals surface area contributed by atoms with Gasteiger partial charge in [-0.15, -0.1) is 0 Å². The average molecular weight is 557 g/mol. The smallest absolute Gasteiger partial charge is 0.349 e. The number of carbonyl (C=O) groups excluding carboxylic acids is 2. The summed E-state index contributed by atoms with van der Waals surface area (Å²) in [4.78, 5) is 34.7. The number of amidine groups is 1. The second kappa shape index (κ2) is 10.7. The van der Waals surface area contributed by atoms with E-state index in [4.69, 9.17) is 11.6 Å². The topological polar surface area (TPSA) is 76.8 Å². The van der Waals surface area contributed by atoms with Gasteiger partial charge in [-0.2, -0.15) is 18.1 Å². The molecule has 195 valence electrons. The van der Waals surface area contributed by atoms with Crippen LogP contribution in [0, 0.1) is 5.92 Å². The molecule has 1 aliphatic heterocycles. The molecule has 0 spiro atoms. The molecule has 1 aliphatic carbocycles. The van der Waals surface area contributed by atoms with Crippen LogP contribution in [0.1, 0.15) is 23.5 Å². The third-order valence-electron chi connectivity index (χ3n) is 5.67. The summed E-state index contributed by atoms with van der Waals surface area (Å²) in [5, 5.41) is 1.03. The number of hydrogen-bond donors (Lipinski definition) is 0. The van der Waals surface area contributed by atoms with Crippen LogP contribution in [0.15, 0.2) is 52.7 Å². The number of aromatic nitrogens is 1. The first-order valence-electron chi connectivity index (χ1n) is 11.1. The molecule has 1 aromatic heterocycles. The fourth-order valence-electron chi connectivity index (χ4n) is 3.79. The highest BCUT2D eigenvalue weighted by Gasteiger charge is 2.49. The summed E-state index contributed by atoms with van der Waals surface area (Å²) in [6.07, 6.45) is -3.15. The SMILES string of the molecule is CN(C)C(=O)[C@H]1C[C@@H]1c1ccc(C2=C(Sc3ccc(Cl)cn3)N(CCF)C(OC(=O)C(F)(F)F)=[N+]2)cc1. The quantitative estimate of drug-likeness (QED) is 0.371. The summed E-state index contributed by atoms with van der Waals surface area (Å²) >= 11 is 6.90. The van der Waals surface area contributed by atoms with E-state index < -0.39 is 31.4 Å². The molecule has 37 heavy (non-hydrogen) atoms. The van der Waals surface area contributed by atoms with E-state index in [-0.39, 0.29) is 28.5 Å². The van der Waals surface area contributed by atoms with Gasteiger partial charge in [-0.05, 0) is 41.8 Å². The summed E-state index contributed by atoms with van der Waals surface area (Å²) in [6.45, 7) is -1.35. The molecule has 1 saturated carbocycles. The van der Waals surface area contributed by atoms with Crippen LogP contribution in [0.5, 0.6) is 0 Å². The van der Waals surface area contributed by atoms with Crippen LogP contribution in [-0.2, 0) is 14.3 Å². The number of thioether (sulfide) groups is 1. The molecule has 4 rings (SSSR count). The lowest BCUT2D eigenvalue weighted by atomic mass is 10.0. The Morgan fingerprint density at radius 2 is 1.92 bits per heavy atom. The zero-order valence-corrected chi connectivity index (χ0v) is 21.2. The molecule has 0 N–H and O–H groups in total. The number of rotatable bonds is 7. The molecule has 2 atom stereocenters. The number of ether oxygens (including phenoxy) is 1. The maximum absolute atomic E-state index is 13.4. The maximum atomic E-state index is 13.4. The van der Waals surface area contributed by atoms with Gasteiger partial charge in [0.2, 0.25) is 16.6 Å². The molecule has 2 heterocycles. The summed E-state index contributed by atoms with van der Waals surface area (Å²) in [5.41, 5.74) is 1.62. The van der Waals surface area contributed by atoms with Gasteiger partial charge in [0.25, 0.3) is 0 Å². The van der Waals surface area contributed by atoms with Crippen molar-refractivity contribution >= 4 is 47.0 Å². The Morgan fingerprint density at radius 3 is 2.49 bits per heavy atom. The minimum Gasteiger partial charge on any atom is -0.349 e. The van der Waals surface area contributed by atoms with Crippen LogP contribution in [0.4, 0.5) is 17.6 Å². The third-order valence-corrected chi connectivity index (χ3v) is 6.95. The molecule has 2 aliphatic rings. The number of nitrogens with zero attached hydrogens (tertiary/aromatic N) is 4. The molecule has 0 saturated heterocycles. The fraction of sp³-hybridized carbons (Fsp3) is 0.333. The maximum Gasteiger partial charge on any atom is 0.508 e. The molecule has 1 aromatic carbocycles. The summed E-state index contributed by atoms with van der Waals surface area (Å²) in [7, 11) is 3.40. The van der Waals surface area contributed by atoms with E-state index in [1.807, 2.05) is 12.1 Å². The number of hydrogen-bond acceptors (Lipinski definition) is 7. The summed E-state index contributed by atoms with van der Waals surface area (Å²) in [6, 6.07) is 9.52. The third kappa shape index (κ3) is 6.07. The predicted molar refractivity (Wildman–Crippen MR) is 130 cm³/mol. The van der Waals surface area contributed by atoms with Crippen molar-refractivity contribution in [2.75, 3.05) is 27.3 Å². The van der Waals surface area contributed by atoms with Crippen molar-refractivity contribution in [3.8, 4) is 0 Å². The number of halogens is 5. The monoisotopic (exact) mass is 556 g/mol. The molecule has 1 amide bonds. The minimum absolute atomic E-state index is 0.0457. The van der Waals surface area contributed by atoms with Crippen LogP contribution >= 0.6 is 23.4 Å². The number of amides is 1. The largest absolute Gasteiger partial charge is 0.508 e. The highest BCUT2D eigenvalue weighted by atomic mass is 35.5. The normalized spacial score (nSPS) is 19.1. The van der Waals surface area contributed by atoms with Gasteiger partial charge in [0.1, 0.15) is 18.2 Å². The Kier molecular flexibility index (Phi) is 7.79. The van der Waals surface area contributed by atoms with E-state index in [9.17, 15) is 27.2 Å². The van der Waals surface area contributed by atoms with Crippen molar-refractivity contribution in [3.63, 3.8) is 0 Å². The number of pyridine rings is 1. The lowest BCUT2D eigenvalue weighted by molar-refractivity contribution is -0.191. The van der Waals surface area contributed by atoms with E-state index in [0.29, 0.717) is 15.6 Å². The number of benzene rings is 1. The van der Waals surface area contributed by atoms with E-state index in [1.165, 1.54) is 6.20 Å². The number of esters is 1. The fourth-order valence-corrected chi connectivity index (χ4v) is 4.88. The van der Waals surface area contributed by atoms with Crippen LogP contribution in [0.2, 0.25) is 5.02 Å². The van der Waals surface area contributed by atoms with E-state index in [2.05, 4.69) is 14.7 Å². The van der Waals surface area contributed by atoms with Crippen LogP contribution in [0.3, 0.4) is 0 Å². The van der Waals surface area contributed by atoms with Crippen molar-refractivity contribution in [2.24, 2.45) is 5.92 Å². The zero-order chi connectivity index (χ0) is 26.9. The van der Waals surface area contributed by atoms with Crippen LogP contribution in [0.25, 0.3) is 5.70 Å². The van der Waals surface area contributed by atoms with E-state index in [0.717, 1.165) is 28.6 Å². The Bertz CT molecular complexity index is 1250. The molecule has 13 heteroatoms. The lowest BCUT2D eigenvalue weighted by Crippen LogP contribution is -2.37. The molecular formula is C24H21ClF4N4O3S+. The van der Waals surface area contributed by atoms with E-state index >= 15 is 0 Å². The number of aliphatic imine (C=N–C) groups is 1. The predicted octanol–water partition coefficient (Wildman–Crippen LogP) is 4.43. The van der Waals surface area contributed by atoms with E-state index in [1.54, 1.807) is 43.3 Å². The van der Waals surface area contributed by atoms with Gasteiger partial charge in [-0.25, -0.2) is 14.2 Å². The van der Waals surface area contributed by atoms with Crippen molar-refractivity contribution in [2.45, 2.75) is 23.5 Å². The second-order valence-electron chi connectivity index (χ2n) is 8.50. The standard InChI is InChI=1S/C24H21ClF4N4O3S/c1-32(2)20(34)17-11-16(17)13-3-5-14(6-4-13)19-21(37-18-8-7-15(25)12-30-18)33(10-9-26)23(31-19)36-22(35)24(27,28)29/h3-8,12,16-17H,9-11H2,1-2H3/q+1/t16-,17+/m1/s1. The van der Waals surface area contributed by atoms with Crippen molar-refractivity contribution in [1.29, 1.82) is 0 Å². The van der Waals surface area contributed by atoms with Crippen molar-refractivity contribution in [1.82, 2.24) is 19.8 Å².